The Labute approximate surface area is 57.2 Å². The molecule has 9 heavy (non-hydrogen) atoms. The van der Waals surface area contributed by atoms with Crippen LogP contribution in [0.25, 0.3) is 5.57 Å². The van der Waals surface area contributed by atoms with E-state index in [1.807, 2.05) is 37.3 Å². The van der Waals surface area contributed by atoms with Crippen LogP contribution in [0.2, 0.25) is 0 Å². The standard InChI is InChI=1S/C9H10/c1-8(2)9-6-4-3-5-7-9/h3-7H,1H2,2H3/i1D/b8-1+. The number of hydrogen-bond acceptors (Lipinski definition) is 0. The van der Waals surface area contributed by atoms with Gasteiger partial charge in [0.1, 0.15) is 0 Å². The van der Waals surface area contributed by atoms with Crippen molar-refractivity contribution in [3.8, 4) is 0 Å². The first kappa shape index (κ1) is 4.80. The first-order valence-electron chi connectivity index (χ1n) is 3.53. The van der Waals surface area contributed by atoms with Crippen molar-refractivity contribution < 1.29 is 1.37 Å². The summed E-state index contributed by atoms with van der Waals surface area (Å²) in [7, 11) is 0. The Morgan fingerprint density at radius 3 is 2.67 bits per heavy atom. The van der Waals surface area contributed by atoms with Crippen molar-refractivity contribution in [2.45, 2.75) is 6.92 Å². The molecule has 1 rings (SSSR count). The van der Waals surface area contributed by atoms with E-state index in [1.165, 1.54) is 6.55 Å². The number of hydrogen-bond donors (Lipinski definition) is 0. The maximum absolute atomic E-state index is 6.98. The summed E-state index contributed by atoms with van der Waals surface area (Å²) in [5.74, 6) is 0. The zero-order valence-corrected chi connectivity index (χ0v) is 5.46. The van der Waals surface area contributed by atoms with Crippen molar-refractivity contribution in [1.29, 1.82) is 0 Å². The van der Waals surface area contributed by atoms with Gasteiger partial charge in [0, 0.05) is 0 Å². The van der Waals surface area contributed by atoms with Gasteiger partial charge in [-0.1, -0.05) is 42.5 Å². The topological polar surface area (TPSA) is 0 Å². The zero-order chi connectivity index (χ0) is 7.40. The molecule has 0 radical (unpaired) electrons. The van der Waals surface area contributed by atoms with Gasteiger partial charge in [0.2, 0.25) is 0 Å². The van der Waals surface area contributed by atoms with Crippen LogP contribution in [0.4, 0.5) is 0 Å². The van der Waals surface area contributed by atoms with Gasteiger partial charge in [0.25, 0.3) is 0 Å². The molecule has 0 amide bonds. The highest BCUT2D eigenvalue weighted by Crippen LogP contribution is 2.08. The van der Waals surface area contributed by atoms with Crippen LogP contribution in [0.3, 0.4) is 0 Å². The van der Waals surface area contributed by atoms with E-state index in [-0.39, 0.29) is 0 Å². The summed E-state index contributed by atoms with van der Waals surface area (Å²) >= 11 is 0. The second-order valence-corrected chi connectivity index (χ2v) is 2.05. The molecule has 1 aromatic rings. The van der Waals surface area contributed by atoms with E-state index in [0.29, 0.717) is 0 Å². The first-order chi connectivity index (χ1) is 4.84. The summed E-state index contributed by atoms with van der Waals surface area (Å²) in [6, 6.07) is 9.92. The maximum atomic E-state index is 6.98. The van der Waals surface area contributed by atoms with Crippen LogP contribution in [0, 0.1) is 0 Å². The molecule has 0 bridgehead atoms. The van der Waals surface area contributed by atoms with E-state index in [0.717, 1.165) is 11.1 Å². The maximum Gasteiger partial charge on any atom is 0.0541 e. The van der Waals surface area contributed by atoms with Gasteiger partial charge in [0.15, 0.2) is 0 Å². The highest BCUT2D eigenvalue weighted by molar-refractivity contribution is 5.60. The molecule has 0 heterocycles. The summed E-state index contributed by atoms with van der Waals surface area (Å²) in [4.78, 5) is 0. The molecule has 0 aromatic heterocycles. The van der Waals surface area contributed by atoms with E-state index in [9.17, 15) is 0 Å². The number of benzene rings is 1. The number of allylic oxidation sites excluding steroid dienone is 1. The molecule has 0 nitrogen and oxygen atoms in total. The van der Waals surface area contributed by atoms with Crippen molar-refractivity contribution in [1.82, 2.24) is 0 Å². The minimum Gasteiger partial charge on any atom is -0.0955 e. The lowest BCUT2D eigenvalue weighted by molar-refractivity contribution is 1.58. The Kier molecular flexibility index (Phi) is 1.33. The molecule has 0 heteroatoms. The molecule has 0 fully saturated rings. The second kappa shape index (κ2) is 2.49. The Balaban J connectivity index is 2.96. The number of rotatable bonds is 1. The van der Waals surface area contributed by atoms with Gasteiger partial charge in [-0.3, -0.25) is 0 Å². The van der Waals surface area contributed by atoms with Gasteiger partial charge in [-0.25, -0.2) is 0 Å². The molecular weight excluding hydrogens is 108 g/mol. The lowest BCUT2D eigenvalue weighted by atomic mass is 10.1. The zero-order valence-electron chi connectivity index (χ0n) is 6.46. The highest BCUT2D eigenvalue weighted by atomic mass is 13.9. The van der Waals surface area contributed by atoms with Crippen molar-refractivity contribution in [2.24, 2.45) is 0 Å². The minimum atomic E-state index is 1.00. The van der Waals surface area contributed by atoms with Crippen LogP contribution in [0.15, 0.2) is 36.9 Å². The van der Waals surface area contributed by atoms with Crippen molar-refractivity contribution in [3.63, 3.8) is 0 Å². The van der Waals surface area contributed by atoms with E-state index >= 15 is 0 Å². The Morgan fingerprint density at radius 1 is 1.44 bits per heavy atom. The molecule has 0 aliphatic rings. The van der Waals surface area contributed by atoms with Crippen LogP contribution < -0.4 is 0 Å². The Hall–Kier alpha value is -1.04. The molecule has 0 unspecified atom stereocenters. The average Bonchev–Trinajstić information content (AvgIpc) is 2.05. The third-order valence-corrected chi connectivity index (χ3v) is 1.23. The molecule has 0 saturated heterocycles. The van der Waals surface area contributed by atoms with Crippen molar-refractivity contribution in [3.05, 3.63) is 42.5 Å². The fraction of sp³-hybridized carbons (Fsp3) is 0.111. The van der Waals surface area contributed by atoms with Crippen molar-refractivity contribution >= 4 is 5.57 Å². The van der Waals surface area contributed by atoms with Gasteiger partial charge in [-0.15, -0.1) is 0 Å². The predicted molar refractivity (Wildman–Crippen MR) is 41.2 cm³/mol. The van der Waals surface area contributed by atoms with Crippen molar-refractivity contribution in [2.75, 3.05) is 0 Å². The summed E-state index contributed by atoms with van der Waals surface area (Å²) in [5, 5.41) is 0. The molecule has 0 spiro atoms. The minimum absolute atomic E-state index is 1.00. The normalized spacial score (nSPS) is 13.0. The molecule has 1 aromatic carbocycles. The van der Waals surface area contributed by atoms with Crippen LogP contribution >= 0.6 is 0 Å². The van der Waals surface area contributed by atoms with Gasteiger partial charge in [0.05, 0.1) is 1.37 Å². The van der Waals surface area contributed by atoms with Crippen LogP contribution in [0.5, 0.6) is 0 Å². The quantitative estimate of drug-likeness (QED) is 0.533. The lowest BCUT2D eigenvalue weighted by Crippen LogP contribution is -1.72. The van der Waals surface area contributed by atoms with E-state index < -0.39 is 0 Å². The average molecular weight is 119 g/mol. The molecular formula is C9H10. The van der Waals surface area contributed by atoms with Crippen LogP contribution in [-0.4, -0.2) is 0 Å². The summed E-state index contributed by atoms with van der Waals surface area (Å²) in [6.45, 7) is 3.30. The molecule has 0 saturated carbocycles. The largest absolute Gasteiger partial charge is 0.0955 e. The second-order valence-electron chi connectivity index (χ2n) is 2.05. The van der Waals surface area contributed by atoms with Gasteiger partial charge >= 0.3 is 0 Å². The van der Waals surface area contributed by atoms with E-state index in [1.54, 1.807) is 0 Å². The van der Waals surface area contributed by atoms with E-state index in [2.05, 4.69) is 0 Å². The molecule has 0 N–H and O–H groups in total. The SMILES string of the molecule is [2H]/C=C(\C)c1ccccc1. The predicted octanol–water partition coefficient (Wildman–Crippen LogP) is 2.72. The third-order valence-electron chi connectivity index (χ3n) is 1.23. The monoisotopic (exact) mass is 119 g/mol. The Morgan fingerprint density at radius 2 is 2.11 bits per heavy atom. The van der Waals surface area contributed by atoms with Gasteiger partial charge in [-0.2, -0.15) is 0 Å². The summed E-state index contributed by atoms with van der Waals surface area (Å²) in [6.07, 6.45) is 0. The molecule has 0 aliphatic carbocycles. The highest BCUT2D eigenvalue weighted by Gasteiger charge is 1.86. The smallest absolute Gasteiger partial charge is 0.0541 e. The first-order valence-corrected chi connectivity index (χ1v) is 2.95. The van der Waals surface area contributed by atoms with Crippen LogP contribution in [-0.2, 0) is 0 Å². The molecule has 0 aliphatic heterocycles. The Bertz CT molecular complexity index is 224. The fourth-order valence-corrected chi connectivity index (χ4v) is 0.701. The summed E-state index contributed by atoms with van der Waals surface area (Å²) in [5.41, 5.74) is 2.12. The van der Waals surface area contributed by atoms with Gasteiger partial charge in [-0.05, 0) is 12.5 Å². The molecule has 46 valence electrons. The molecule has 0 atom stereocenters. The van der Waals surface area contributed by atoms with E-state index in [4.69, 9.17) is 1.37 Å². The van der Waals surface area contributed by atoms with Crippen LogP contribution in [0.1, 0.15) is 13.9 Å². The fourth-order valence-electron chi connectivity index (χ4n) is 0.701. The van der Waals surface area contributed by atoms with Gasteiger partial charge < -0.3 is 0 Å². The lowest BCUT2D eigenvalue weighted by Gasteiger charge is -1.94. The summed E-state index contributed by atoms with van der Waals surface area (Å²) < 4.78 is 6.98. The third kappa shape index (κ3) is 1.43.